The molecule has 3 heteroatoms. The van der Waals surface area contributed by atoms with E-state index >= 15 is 0 Å². The van der Waals surface area contributed by atoms with E-state index in [1.54, 1.807) is 19.2 Å². The summed E-state index contributed by atoms with van der Waals surface area (Å²) in [6, 6.07) is 5.42. The molecule has 0 heterocycles. The molecule has 2 bridgehead atoms. The van der Waals surface area contributed by atoms with E-state index in [9.17, 15) is 9.59 Å². The van der Waals surface area contributed by atoms with Crippen LogP contribution in [0.3, 0.4) is 0 Å². The Bertz CT molecular complexity index is 532. The van der Waals surface area contributed by atoms with Gasteiger partial charge in [-0.3, -0.25) is 9.59 Å². The summed E-state index contributed by atoms with van der Waals surface area (Å²) in [6.45, 7) is 1.94. The monoisotopic (exact) mass is 230 g/mol. The number of benzene rings is 1. The number of carbonyl (C=O) groups excluding carboxylic acids is 2. The highest BCUT2D eigenvalue weighted by atomic mass is 16.5. The van der Waals surface area contributed by atoms with Crippen molar-refractivity contribution >= 4 is 11.6 Å². The number of carbonyl (C=O) groups is 2. The zero-order chi connectivity index (χ0) is 12.2. The lowest BCUT2D eigenvalue weighted by Crippen LogP contribution is -2.39. The molecule has 1 saturated carbocycles. The number of rotatable bonds is 1. The van der Waals surface area contributed by atoms with Crippen LogP contribution in [0.15, 0.2) is 18.2 Å². The van der Waals surface area contributed by atoms with Gasteiger partial charge in [0, 0.05) is 5.56 Å². The minimum atomic E-state index is -0.484. The Labute approximate surface area is 99.8 Å². The van der Waals surface area contributed by atoms with Gasteiger partial charge in [0.15, 0.2) is 11.6 Å². The van der Waals surface area contributed by atoms with Gasteiger partial charge in [0.25, 0.3) is 0 Å². The topological polar surface area (TPSA) is 43.4 Å². The van der Waals surface area contributed by atoms with Gasteiger partial charge >= 0.3 is 0 Å². The van der Waals surface area contributed by atoms with Crippen LogP contribution < -0.4 is 4.74 Å². The molecule has 1 aromatic carbocycles. The summed E-state index contributed by atoms with van der Waals surface area (Å²) in [6.07, 6.45) is 1.45. The summed E-state index contributed by atoms with van der Waals surface area (Å²) in [4.78, 5) is 24.4. The van der Waals surface area contributed by atoms with E-state index in [0.29, 0.717) is 17.7 Å². The number of hydrogen-bond acceptors (Lipinski definition) is 3. The lowest BCUT2D eigenvalue weighted by Gasteiger charge is -2.30. The maximum Gasteiger partial charge on any atom is 0.173 e. The summed E-state index contributed by atoms with van der Waals surface area (Å²) in [5, 5.41) is 0. The lowest BCUT2D eigenvalue weighted by molar-refractivity contribution is -0.124. The molecule has 88 valence electrons. The third-order valence-electron chi connectivity index (χ3n) is 4.20. The highest BCUT2D eigenvalue weighted by molar-refractivity contribution is 6.19. The molecule has 1 aromatic rings. The fourth-order valence-corrected chi connectivity index (χ4v) is 3.10. The summed E-state index contributed by atoms with van der Waals surface area (Å²) in [5.74, 6) is 0.378. The summed E-state index contributed by atoms with van der Waals surface area (Å²) in [5.41, 5.74) is 1.07. The zero-order valence-electron chi connectivity index (χ0n) is 9.95. The van der Waals surface area contributed by atoms with Gasteiger partial charge in [0.2, 0.25) is 0 Å². The number of Topliss-reactive ketones (excluding diaryl/α,β-unsaturated/α-hetero) is 2. The molecule has 0 unspecified atom stereocenters. The van der Waals surface area contributed by atoms with Gasteiger partial charge < -0.3 is 4.74 Å². The Morgan fingerprint density at radius 3 is 2.82 bits per heavy atom. The second-order valence-corrected chi connectivity index (χ2v) is 5.06. The van der Waals surface area contributed by atoms with Gasteiger partial charge in [-0.05, 0) is 43.5 Å². The molecule has 2 aliphatic carbocycles. The van der Waals surface area contributed by atoms with Crippen molar-refractivity contribution in [3.63, 3.8) is 0 Å². The first-order valence-corrected chi connectivity index (χ1v) is 5.85. The van der Waals surface area contributed by atoms with Gasteiger partial charge in [-0.15, -0.1) is 0 Å². The van der Waals surface area contributed by atoms with Crippen LogP contribution >= 0.6 is 0 Å². The predicted molar refractivity (Wildman–Crippen MR) is 62.4 cm³/mol. The fourth-order valence-electron chi connectivity index (χ4n) is 3.10. The SMILES string of the molecule is COc1ccc2c(c1)[C@]1(C)CC[C@@H](C2=O)C1=O. The molecule has 17 heavy (non-hydrogen) atoms. The Hall–Kier alpha value is -1.64. The maximum atomic E-state index is 12.2. The third-order valence-corrected chi connectivity index (χ3v) is 4.20. The fraction of sp³-hybridized carbons (Fsp3) is 0.429. The minimum Gasteiger partial charge on any atom is -0.497 e. The van der Waals surface area contributed by atoms with E-state index in [1.165, 1.54) is 0 Å². The first kappa shape index (κ1) is 10.5. The van der Waals surface area contributed by atoms with Crippen molar-refractivity contribution in [3.8, 4) is 5.75 Å². The molecular formula is C14H14O3. The van der Waals surface area contributed by atoms with Crippen LogP contribution in [0, 0.1) is 5.92 Å². The number of ketones is 2. The number of methoxy groups -OCH3 is 1. The summed E-state index contributed by atoms with van der Waals surface area (Å²) in [7, 11) is 1.59. The first-order chi connectivity index (χ1) is 8.08. The van der Waals surface area contributed by atoms with Crippen LogP contribution in [-0.2, 0) is 10.2 Å². The average Bonchev–Trinajstić information content (AvgIpc) is 2.59. The third kappa shape index (κ3) is 1.17. The Balaban J connectivity index is 2.27. The largest absolute Gasteiger partial charge is 0.497 e. The van der Waals surface area contributed by atoms with Gasteiger partial charge in [0.1, 0.15) is 5.75 Å². The van der Waals surface area contributed by atoms with E-state index in [0.717, 1.165) is 12.0 Å². The molecule has 0 radical (unpaired) electrons. The van der Waals surface area contributed by atoms with Crippen molar-refractivity contribution in [2.45, 2.75) is 25.2 Å². The molecule has 0 amide bonds. The quantitative estimate of drug-likeness (QED) is 0.694. The standard InChI is InChI=1S/C14H14O3/c1-14-6-5-10(13(14)16)12(15)9-4-3-8(17-2)7-11(9)14/h3-4,7,10H,5-6H2,1-2H3/t10-,14-/m0/s1. The molecule has 0 spiro atoms. The number of ether oxygens (including phenoxy) is 1. The molecule has 0 aromatic heterocycles. The van der Waals surface area contributed by atoms with Gasteiger partial charge in [-0.25, -0.2) is 0 Å². The van der Waals surface area contributed by atoms with Crippen molar-refractivity contribution < 1.29 is 14.3 Å². The van der Waals surface area contributed by atoms with Crippen molar-refractivity contribution in [2.24, 2.45) is 5.92 Å². The van der Waals surface area contributed by atoms with Crippen LogP contribution in [-0.4, -0.2) is 18.7 Å². The van der Waals surface area contributed by atoms with Gasteiger partial charge in [0.05, 0.1) is 18.4 Å². The molecule has 2 atom stereocenters. The van der Waals surface area contributed by atoms with Crippen LogP contribution in [0.5, 0.6) is 5.75 Å². The highest BCUT2D eigenvalue weighted by Gasteiger charge is 2.53. The lowest BCUT2D eigenvalue weighted by atomic mass is 9.71. The molecule has 0 N–H and O–H groups in total. The zero-order valence-corrected chi connectivity index (χ0v) is 9.95. The molecule has 3 rings (SSSR count). The maximum absolute atomic E-state index is 12.2. The van der Waals surface area contributed by atoms with E-state index in [2.05, 4.69) is 0 Å². The van der Waals surface area contributed by atoms with Crippen molar-refractivity contribution in [1.29, 1.82) is 0 Å². The van der Waals surface area contributed by atoms with Gasteiger partial charge in [-0.2, -0.15) is 0 Å². The molecule has 1 fully saturated rings. The Kier molecular flexibility index (Phi) is 1.97. The van der Waals surface area contributed by atoms with Crippen molar-refractivity contribution in [3.05, 3.63) is 29.3 Å². The average molecular weight is 230 g/mol. The van der Waals surface area contributed by atoms with Crippen LogP contribution in [0.25, 0.3) is 0 Å². The van der Waals surface area contributed by atoms with Crippen LogP contribution in [0.2, 0.25) is 0 Å². The second-order valence-electron chi connectivity index (χ2n) is 5.06. The Morgan fingerprint density at radius 1 is 1.35 bits per heavy atom. The first-order valence-electron chi connectivity index (χ1n) is 5.85. The minimum absolute atomic E-state index is 0.0115. The number of hydrogen-bond donors (Lipinski definition) is 0. The molecule has 0 saturated heterocycles. The predicted octanol–water partition coefficient (Wildman–Crippen LogP) is 2.13. The van der Waals surface area contributed by atoms with Crippen molar-refractivity contribution in [1.82, 2.24) is 0 Å². The van der Waals surface area contributed by atoms with Crippen LogP contribution in [0.1, 0.15) is 35.7 Å². The van der Waals surface area contributed by atoms with E-state index in [1.807, 2.05) is 13.0 Å². The van der Waals surface area contributed by atoms with E-state index < -0.39 is 11.3 Å². The van der Waals surface area contributed by atoms with Gasteiger partial charge in [-0.1, -0.05) is 0 Å². The molecule has 0 aliphatic heterocycles. The summed E-state index contributed by atoms with van der Waals surface area (Å²) >= 11 is 0. The highest BCUT2D eigenvalue weighted by Crippen LogP contribution is 2.48. The Morgan fingerprint density at radius 2 is 2.12 bits per heavy atom. The number of fused-ring (bicyclic) bond motifs is 4. The molecular weight excluding hydrogens is 216 g/mol. The second kappa shape index (κ2) is 3.19. The summed E-state index contributed by atoms with van der Waals surface area (Å²) < 4.78 is 5.18. The molecule has 2 aliphatic rings. The van der Waals surface area contributed by atoms with Crippen molar-refractivity contribution in [2.75, 3.05) is 7.11 Å². The molecule has 3 nitrogen and oxygen atoms in total. The van der Waals surface area contributed by atoms with E-state index in [4.69, 9.17) is 4.74 Å². The smallest absolute Gasteiger partial charge is 0.173 e. The van der Waals surface area contributed by atoms with E-state index in [-0.39, 0.29) is 11.6 Å². The van der Waals surface area contributed by atoms with Crippen LogP contribution in [0.4, 0.5) is 0 Å². The normalized spacial score (nSPS) is 30.4.